The van der Waals surface area contributed by atoms with E-state index in [2.05, 4.69) is 165 Å². The summed E-state index contributed by atoms with van der Waals surface area (Å²) in [6.07, 6.45) is 1.04. The molecule has 1 nitrogen and oxygen atoms in total. The molecule has 2 heterocycles. The van der Waals surface area contributed by atoms with E-state index >= 15 is 0 Å². The van der Waals surface area contributed by atoms with E-state index in [1.165, 1.54) is 86.7 Å². The van der Waals surface area contributed by atoms with Crippen LogP contribution in [-0.4, -0.2) is 7.28 Å². The van der Waals surface area contributed by atoms with Crippen molar-refractivity contribution in [1.82, 2.24) is 0 Å². The van der Waals surface area contributed by atoms with Gasteiger partial charge < -0.3 is 5.32 Å². The molecule has 48 heavy (non-hydrogen) atoms. The second-order valence-electron chi connectivity index (χ2n) is 13.2. The van der Waals surface area contributed by atoms with Gasteiger partial charge in [-0.25, -0.2) is 0 Å². The van der Waals surface area contributed by atoms with Gasteiger partial charge in [0, 0.05) is 43.4 Å². The van der Waals surface area contributed by atoms with Gasteiger partial charge >= 0.3 is 0 Å². The Balaban J connectivity index is 1.14. The number of hydrogen-bond donors (Lipinski definition) is 1. The molecule has 0 spiro atoms. The van der Waals surface area contributed by atoms with Crippen LogP contribution in [0.2, 0.25) is 0 Å². The molecule has 3 heteroatoms. The maximum atomic E-state index is 3.85. The quantitative estimate of drug-likeness (QED) is 0.191. The maximum Gasteiger partial charge on any atom is 0.193 e. The van der Waals surface area contributed by atoms with E-state index in [1.807, 2.05) is 11.3 Å². The van der Waals surface area contributed by atoms with Gasteiger partial charge in [0.15, 0.2) is 7.28 Å². The summed E-state index contributed by atoms with van der Waals surface area (Å²) in [6.45, 7) is 2.26. The molecule has 225 valence electrons. The summed E-state index contributed by atoms with van der Waals surface area (Å²) < 4.78 is 1.39. The highest BCUT2D eigenvalue weighted by Gasteiger charge is 2.36. The fourth-order valence-corrected chi connectivity index (χ4v) is 9.50. The summed E-state index contributed by atoms with van der Waals surface area (Å²) in [7, 11) is 2.47. The molecule has 8 aromatic rings. The van der Waals surface area contributed by atoms with Crippen molar-refractivity contribution in [3.8, 4) is 33.4 Å². The van der Waals surface area contributed by atoms with E-state index in [1.54, 1.807) is 0 Å². The predicted molar refractivity (Wildman–Crippen MR) is 207 cm³/mol. The van der Waals surface area contributed by atoms with Gasteiger partial charge in [0.2, 0.25) is 0 Å². The van der Waals surface area contributed by atoms with Crippen LogP contribution in [0.25, 0.3) is 54.2 Å². The lowest BCUT2D eigenvalue weighted by molar-refractivity contribution is 0.812. The molecule has 10 rings (SSSR count). The van der Waals surface area contributed by atoms with Crippen molar-refractivity contribution in [3.63, 3.8) is 0 Å². The molecule has 1 radical (unpaired) electrons. The van der Waals surface area contributed by atoms with E-state index in [0.29, 0.717) is 5.92 Å². The highest BCUT2D eigenvalue weighted by Crippen LogP contribution is 2.50. The molecule has 7 aromatic carbocycles. The molecule has 0 bridgehead atoms. The van der Waals surface area contributed by atoms with E-state index in [9.17, 15) is 0 Å². The Hall–Kier alpha value is -5.38. The van der Waals surface area contributed by atoms with Crippen molar-refractivity contribution >= 4 is 61.8 Å². The predicted octanol–water partition coefficient (Wildman–Crippen LogP) is 10.8. The van der Waals surface area contributed by atoms with Gasteiger partial charge in [-0.15, -0.1) is 11.3 Å². The van der Waals surface area contributed by atoms with Crippen molar-refractivity contribution < 1.29 is 0 Å². The summed E-state index contributed by atoms with van der Waals surface area (Å²) in [4.78, 5) is 1.51. The summed E-state index contributed by atoms with van der Waals surface area (Å²) in [5.74, 6) is 0.326. The van der Waals surface area contributed by atoms with Crippen LogP contribution in [-0.2, 0) is 6.42 Å². The van der Waals surface area contributed by atoms with Crippen LogP contribution in [0.1, 0.15) is 27.5 Å². The lowest BCUT2D eigenvalue weighted by atomic mass is 9.50. The van der Waals surface area contributed by atoms with Gasteiger partial charge in [-0.05, 0) is 81.8 Å². The molecule has 1 atom stereocenters. The number of benzene rings is 7. The molecular formula is C45H31BNS. The number of hydrogen-bond acceptors (Lipinski definition) is 2. The first kappa shape index (κ1) is 27.7. The molecule has 0 saturated heterocycles. The minimum absolute atomic E-state index is 0.326. The summed E-state index contributed by atoms with van der Waals surface area (Å²) in [5, 5.41) is 7.75. The van der Waals surface area contributed by atoms with Crippen molar-refractivity contribution in [2.24, 2.45) is 0 Å². The Bertz CT molecular complexity index is 2540. The first-order valence-corrected chi connectivity index (χ1v) is 17.6. The molecule has 0 amide bonds. The molecule has 2 aliphatic rings. The Morgan fingerprint density at radius 3 is 2.29 bits per heavy atom. The molecule has 1 aromatic heterocycles. The van der Waals surface area contributed by atoms with Gasteiger partial charge in [-0.1, -0.05) is 138 Å². The average Bonchev–Trinajstić information content (AvgIpc) is 3.51. The number of thiophene rings is 1. The lowest BCUT2D eigenvalue weighted by Gasteiger charge is -2.35. The standard InChI is InChI=1S/C45H31BNS/c1-27-24-36-35-26-41-44(33-14-7-8-17-40(33)48-41)34-15-9-16-38(42(34)35)46-45(36)37(25-27)43-32-13-6-5-12-30(32)20-23-39(43)47-31-21-18-29(19-22-31)28-10-3-2-4-11-28/h2-25,35,47H,26H2,1H3. The Kier molecular flexibility index (Phi) is 6.26. The third kappa shape index (κ3) is 4.31. The van der Waals surface area contributed by atoms with Crippen LogP contribution >= 0.6 is 11.3 Å². The van der Waals surface area contributed by atoms with E-state index in [-0.39, 0.29) is 0 Å². The monoisotopic (exact) mass is 628 g/mol. The minimum atomic E-state index is 0.326. The normalized spacial score (nSPS) is 14.2. The van der Waals surface area contributed by atoms with Crippen LogP contribution in [0, 0.1) is 6.92 Å². The molecule has 0 fully saturated rings. The first-order chi connectivity index (χ1) is 23.7. The minimum Gasteiger partial charge on any atom is -0.355 e. The highest BCUT2D eigenvalue weighted by atomic mass is 32.1. The lowest BCUT2D eigenvalue weighted by Crippen LogP contribution is -2.42. The topological polar surface area (TPSA) is 12.0 Å². The third-order valence-electron chi connectivity index (χ3n) is 10.3. The Morgan fingerprint density at radius 1 is 0.646 bits per heavy atom. The smallest absolute Gasteiger partial charge is 0.193 e. The molecule has 1 aliphatic heterocycles. The Morgan fingerprint density at radius 2 is 1.42 bits per heavy atom. The highest BCUT2D eigenvalue weighted by molar-refractivity contribution is 7.19. The summed E-state index contributed by atoms with van der Waals surface area (Å²) >= 11 is 1.98. The number of nitrogens with one attached hydrogen (secondary N) is 1. The molecule has 1 unspecified atom stereocenters. The van der Waals surface area contributed by atoms with E-state index in [0.717, 1.165) is 17.8 Å². The summed E-state index contributed by atoms with van der Waals surface area (Å²) in [6, 6.07) is 53.5. The second kappa shape index (κ2) is 10.8. The van der Waals surface area contributed by atoms with Crippen LogP contribution < -0.4 is 16.2 Å². The molecule has 1 N–H and O–H groups in total. The van der Waals surface area contributed by atoms with Crippen LogP contribution in [0.3, 0.4) is 0 Å². The van der Waals surface area contributed by atoms with Gasteiger partial charge in [-0.3, -0.25) is 0 Å². The van der Waals surface area contributed by atoms with Crippen molar-refractivity contribution in [2.75, 3.05) is 5.32 Å². The number of fused-ring (bicyclic) bond motifs is 7. The van der Waals surface area contributed by atoms with Crippen molar-refractivity contribution in [2.45, 2.75) is 19.3 Å². The van der Waals surface area contributed by atoms with Gasteiger partial charge in [0.05, 0.1) is 0 Å². The number of aryl methyl sites for hydroxylation is 1. The van der Waals surface area contributed by atoms with Crippen molar-refractivity contribution in [1.29, 1.82) is 0 Å². The van der Waals surface area contributed by atoms with Crippen molar-refractivity contribution in [3.05, 3.63) is 167 Å². The fourth-order valence-electron chi connectivity index (χ4n) is 8.24. The second-order valence-corrected chi connectivity index (χ2v) is 14.3. The van der Waals surface area contributed by atoms with Crippen LogP contribution in [0.4, 0.5) is 11.4 Å². The van der Waals surface area contributed by atoms with Crippen LogP contribution in [0.15, 0.2) is 146 Å². The van der Waals surface area contributed by atoms with Crippen LogP contribution in [0.5, 0.6) is 0 Å². The largest absolute Gasteiger partial charge is 0.355 e. The Labute approximate surface area is 285 Å². The van der Waals surface area contributed by atoms with Gasteiger partial charge in [0.25, 0.3) is 0 Å². The first-order valence-electron chi connectivity index (χ1n) is 16.8. The molecular weight excluding hydrogens is 597 g/mol. The fraction of sp³-hybridized carbons (Fsp3) is 0.0667. The zero-order valence-corrected chi connectivity index (χ0v) is 27.4. The maximum absolute atomic E-state index is 3.85. The summed E-state index contributed by atoms with van der Waals surface area (Å²) in [5.41, 5.74) is 17.0. The zero-order chi connectivity index (χ0) is 31.8. The van der Waals surface area contributed by atoms with E-state index < -0.39 is 0 Å². The van der Waals surface area contributed by atoms with Gasteiger partial charge in [-0.2, -0.15) is 0 Å². The third-order valence-corrected chi connectivity index (χ3v) is 11.5. The SMILES string of the molecule is Cc1cc(-c2c(Nc3ccc(-c4ccccc4)cc3)ccc3ccccc23)c2c(c1)C1Cc3sc4ccccc4c3-c3cccc(c31)[B]2. The molecule has 0 saturated carbocycles. The number of rotatable bonds is 4. The molecule has 1 aliphatic carbocycles. The average molecular weight is 629 g/mol. The van der Waals surface area contributed by atoms with E-state index in [4.69, 9.17) is 0 Å². The number of anilines is 2. The van der Waals surface area contributed by atoms with Gasteiger partial charge in [0.1, 0.15) is 0 Å². The zero-order valence-electron chi connectivity index (χ0n) is 26.6.